The van der Waals surface area contributed by atoms with E-state index in [0.717, 1.165) is 81.1 Å². The van der Waals surface area contributed by atoms with Gasteiger partial charge >= 0.3 is 0 Å². The standard InChI is InChI=1S/C45H24N4S3/c1(4-34-13-22-40-43(25-34)50-28-46-40)31-7-16-37(17-8-31)49(38-18-9-32(10-19-38)2-5-35-14-23-41-44(26-35)51-29-47-41)39-20-11-33(12-21-39)3-6-36-15-24-42-45(27-36)52-30-48-42/h7-30H. The zero-order valence-electron chi connectivity index (χ0n) is 27.4. The molecule has 0 saturated heterocycles. The van der Waals surface area contributed by atoms with Crippen molar-refractivity contribution in [1.29, 1.82) is 0 Å². The van der Waals surface area contributed by atoms with E-state index in [2.05, 4.69) is 146 Å². The Balaban J connectivity index is 1.01. The van der Waals surface area contributed by atoms with Gasteiger partial charge < -0.3 is 4.90 Å². The number of fused-ring (bicyclic) bond motifs is 3. The average Bonchev–Trinajstić information content (AvgIpc) is 3.98. The molecule has 0 fully saturated rings. The Morgan fingerprint density at radius 2 is 0.596 bits per heavy atom. The van der Waals surface area contributed by atoms with Crippen molar-refractivity contribution in [3.05, 3.63) is 177 Å². The molecule has 6 aromatic carbocycles. The van der Waals surface area contributed by atoms with Crippen LogP contribution in [-0.4, -0.2) is 15.0 Å². The average molecular weight is 717 g/mol. The number of hydrogen-bond acceptors (Lipinski definition) is 7. The summed E-state index contributed by atoms with van der Waals surface area (Å²) in [6, 6.07) is 43.5. The Morgan fingerprint density at radius 1 is 0.327 bits per heavy atom. The van der Waals surface area contributed by atoms with Gasteiger partial charge in [-0.15, -0.1) is 34.0 Å². The molecule has 0 radical (unpaired) electrons. The topological polar surface area (TPSA) is 41.9 Å². The zero-order valence-corrected chi connectivity index (χ0v) is 29.8. The largest absolute Gasteiger partial charge is 0.311 e. The lowest BCUT2D eigenvalue weighted by atomic mass is 10.1. The van der Waals surface area contributed by atoms with Crippen LogP contribution in [0.25, 0.3) is 30.6 Å². The van der Waals surface area contributed by atoms with Crippen LogP contribution in [0.2, 0.25) is 0 Å². The first-order valence-electron chi connectivity index (χ1n) is 16.4. The van der Waals surface area contributed by atoms with Crippen molar-refractivity contribution in [2.24, 2.45) is 0 Å². The maximum absolute atomic E-state index is 4.37. The second kappa shape index (κ2) is 14.0. The van der Waals surface area contributed by atoms with Crippen LogP contribution < -0.4 is 4.90 Å². The molecular weight excluding hydrogens is 693 g/mol. The number of rotatable bonds is 3. The quantitative estimate of drug-likeness (QED) is 0.171. The predicted octanol–water partition coefficient (Wildman–Crippen LogP) is 11.2. The molecule has 9 rings (SSSR count). The number of nitrogens with zero attached hydrogens (tertiary/aromatic N) is 4. The van der Waals surface area contributed by atoms with Crippen molar-refractivity contribution in [2.75, 3.05) is 4.90 Å². The second-order valence-electron chi connectivity index (χ2n) is 11.8. The molecule has 0 saturated carbocycles. The van der Waals surface area contributed by atoms with E-state index in [9.17, 15) is 0 Å². The van der Waals surface area contributed by atoms with Gasteiger partial charge in [0.25, 0.3) is 0 Å². The van der Waals surface area contributed by atoms with Gasteiger partial charge in [-0.2, -0.15) is 0 Å². The minimum absolute atomic E-state index is 0.942. The molecular formula is C45H24N4S3. The Kier molecular flexibility index (Phi) is 8.47. The van der Waals surface area contributed by atoms with Gasteiger partial charge in [-0.05, 0) is 127 Å². The summed E-state index contributed by atoms with van der Waals surface area (Å²) in [6.45, 7) is 0. The fourth-order valence-corrected chi connectivity index (χ4v) is 7.91. The molecule has 3 heterocycles. The smallest absolute Gasteiger partial charge is 0.0812 e. The molecule has 0 aliphatic rings. The van der Waals surface area contributed by atoms with Gasteiger partial charge in [-0.3, -0.25) is 0 Å². The summed E-state index contributed by atoms with van der Waals surface area (Å²) < 4.78 is 3.42. The van der Waals surface area contributed by atoms with Crippen molar-refractivity contribution < 1.29 is 0 Å². The van der Waals surface area contributed by atoms with Crippen molar-refractivity contribution in [3.8, 4) is 35.5 Å². The Bertz CT molecular complexity index is 2600. The monoisotopic (exact) mass is 716 g/mol. The third-order valence-electron chi connectivity index (χ3n) is 8.42. The van der Waals surface area contributed by atoms with Crippen LogP contribution in [0.1, 0.15) is 33.4 Å². The molecule has 7 heteroatoms. The summed E-state index contributed by atoms with van der Waals surface area (Å²) in [6.07, 6.45) is 0. The summed E-state index contributed by atoms with van der Waals surface area (Å²) in [5, 5.41) is 0. The van der Waals surface area contributed by atoms with Crippen LogP contribution in [0.5, 0.6) is 0 Å². The lowest BCUT2D eigenvalue weighted by Crippen LogP contribution is -2.09. The molecule has 3 aromatic heterocycles. The Morgan fingerprint density at radius 3 is 0.904 bits per heavy atom. The first-order valence-corrected chi connectivity index (χ1v) is 19.0. The Hall–Kier alpha value is -6.53. The van der Waals surface area contributed by atoms with Crippen molar-refractivity contribution in [1.82, 2.24) is 15.0 Å². The predicted molar refractivity (Wildman–Crippen MR) is 218 cm³/mol. The SMILES string of the molecule is C(#Cc1ccc2ncsc2c1)c1ccc(N(c2ccc(C#Cc3ccc4ncsc4c3)cc2)c2ccc(C#Cc3ccc4ncsc4c3)cc2)cc1. The number of hydrogen-bond donors (Lipinski definition) is 0. The lowest BCUT2D eigenvalue weighted by molar-refractivity contribution is 1.28. The molecule has 4 nitrogen and oxygen atoms in total. The molecule has 0 spiro atoms. The van der Waals surface area contributed by atoms with Crippen LogP contribution in [0.15, 0.2) is 144 Å². The van der Waals surface area contributed by atoms with Crippen LogP contribution in [0.4, 0.5) is 17.1 Å². The normalized spacial score (nSPS) is 10.6. The van der Waals surface area contributed by atoms with E-state index in [1.807, 2.05) is 52.9 Å². The Labute approximate surface area is 312 Å². The van der Waals surface area contributed by atoms with E-state index < -0.39 is 0 Å². The number of aromatic nitrogens is 3. The number of thiazole rings is 3. The fourth-order valence-electron chi connectivity index (χ4n) is 5.76. The van der Waals surface area contributed by atoms with Crippen LogP contribution in [0, 0.1) is 35.5 Å². The van der Waals surface area contributed by atoms with Gasteiger partial charge in [-0.25, -0.2) is 15.0 Å². The van der Waals surface area contributed by atoms with E-state index in [1.54, 1.807) is 34.0 Å². The molecule has 0 aliphatic heterocycles. The summed E-state index contributed by atoms with van der Waals surface area (Å²) in [5.74, 6) is 19.9. The first-order chi connectivity index (χ1) is 25.7. The molecule has 0 aliphatic carbocycles. The zero-order chi connectivity index (χ0) is 34.7. The molecule has 242 valence electrons. The molecule has 0 atom stereocenters. The van der Waals surface area contributed by atoms with E-state index in [0.29, 0.717) is 0 Å². The maximum Gasteiger partial charge on any atom is 0.0812 e. The summed E-state index contributed by atoms with van der Waals surface area (Å²) in [5.41, 5.74) is 17.4. The van der Waals surface area contributed by atoms with Crippen LogP contribution >= 0.6 is 34.0 Å². The van der Waals surface area contributed by atoms with Crippen molar-refractivity contribution >= 4 is 81.7 Å². The number of benzene rings is 6. The minimum Gasteiger partial charge on any atom is -0.311 e. The third-order valence-corrected chi connectivity index (χ3v) is 10.8. The fraction of sp³-hybridized carbons (Fsp3) is 0. The first kappa shape index (κ1) is 31.5. The molecule has 0 N–H and O–H groups in total. The number of anilines is 3. The van der Waals surface area contributed by atoms with E-state index in [4.69, 9.17) is 0 Å². The molecule has 52 heavy (non-hydrogen) atoms. The van der Waals surface area contributed by atoms with Gasteiger partial charge in [0.2, 0.25) is 0 Å². The van der Waals surface area contributed by atoms with Gasteiger partial charge in [0.05, 0.1) is 47.2 Å². The van der Waals surface area contributed by atoms with E-state index in [-0.39, 0.29) is 0 Å². The molecule has 9 aromatic rings. The molecule has 0 unspecified atom stereocenters. The van der Waals surface area contributed by atoms with Gasteiger partial charge in [0, 0.05) is 50.4 Å². The molecule has 0 bridgehead atoms. The highest BCUT2D eigenvalue weighted by Gasteiger charge is 2.13. The summed E-state index contributed by atoms with van der Waals surface area (Å²) in [7, 11) is 0. The highest BCUT2D eigenvalue weighted by molar-refractivity contribution is 7.17. The highest BCUT2D eigenvalue weighted by atomic mass is 32.1. The van der Waals surface area contributed by atoms with E-state index in [1.165, 1.54) is 0 Å². The second-order valence-corrected chi connectivity index (χ2v) is 14.5. The van der Waals surface area contributed by atoms with E-state index >= 15 is 0 Å². The summed E-state index contributed by atoms with van der Waals surface area (Å²) in [4.78, 5) is 15.3. The maximum atomic E-state index is 4.37. The van der Waals surface area contributed by atoms with Gasteiger partial charge in [0.1, 0.15) is 0 Å². The lowest BCUT2D eigenvalue weighted by Gasteiger charge is -2.25. The van der Waals surface area contributed by atoms with Crippen LogP contribution in [-0.2, 0) is 0 Å². The van der Waals surface area contributed by atoms with Crippen molar-refractivity contribution in [2.45, 2.75) is 0 Å². The molecule has 0 amide bonds. The third kappa shape index (κ3) is 6.79. The van der Waals surface area contributed by atoms with Gasteiger partial charge in [0.15, 0.2) is 0 Å². The van der Waals surface area contributed by atoms with Crippen LogP contribution in [0.3, 0.4) is 0 Å². The summed E-state index contributed by atoms with van der Waals surface area (Å²) >= 11 is 4.88. The van der Waals surface area contributed by atoms with Crippen molar-refractivity contribution in [3.63, 3.8) is 0 Å². The minimum atomic E-state index is 0.942. The van der Waals surface area contributed by atoms with Gasteiger partial charge in [-0.1, -0.05) is 35.5 Å². The highest BCUT2D eigenvalue weighted by Crippen LogP contribution is 2.35.